The van der Waals surface area contributed by atoms with Gasteiger partial charge in [0.05, 0.1) is 0 Å². The molecule has 7 atom stereocenters. The molecule has 4 aliphatic carbocycles. The molecule has 7 unspecified atom stereocenters. The molecule has 4 aliphatic rings. The zero-order valence-corrected chi connectivity index (χ0v) is 10.2. The Hall–Kier alpha value is -0.520. The Morgan fingerprint density at radius 3 is 2.62 bits per heavy atom. The quantitative estimate of drug-likeness (QED) is 0.480. The Balaban J connectivity index is 1.66. The highest BCUT2D eigenvalue weighted by molar-refractivity contribution is 5.23. The van der Waals surface area contributed by atoms with Crippen molar-refractivity contribution in [1.29, 1.82) is 0 Å². The van der Waals surface area contributed by atoms with Crippen LogP contribution < -0.4 is 0 Å². The van der Waals surface area contributed by atoms with E-state index in [0.29, 0.717) is 0 Å². The highest BCUT2D eigenvalue weighted by atomic mass is 14.6. The highest BCUT2D eigenvalue weighted by Crippen LogP contribution is 2.67. The molecular weight excluding hydrogens is 192 g/mol. The van der Waals surface area contributed by atoms with Crippen molar-refractivity contribution in [2.75, 3.05) is 0 Å². The second kappa shape index (κ2) is 3.03. The third-order valence-corrected chi connectivity index (χ3v) is 6.25. The van der Waals surface area contributed by atoms with Crippen LogP contribution in [0.3, 0.4) is 0 Å². The lowest BCUT2D eigenvalue weighted by molar-refractivity contribution is 0.166. The van der Waals surface area contributed by atoms with E-state index < -0.39 is 0 Å². The van der Waals surface area contributed by atoms with Gasteiger partial charge in [0, 0.05) is 0 Å². The molecule has 3 saturated carbocycles. The molecule has 86 valence electrons. The first-order valence-electron chi connectivity index (χ1n) is 7.15. The fourth-order valence-electron chi connectivity index (χ4n) is 5.75. The van der Waals surface area contributed by atoms with E-state index in [2.05, 4.69) is 25.7 Å². The summed E-state index contributed by atoms with van der Waals surface area (Å²) >= 11 is 0. The molecule has 0 amide bonds. The summed E-state index contributed by atoms with van der Waals surface area (Å²) in [6.45, 7) is 6.62. The zero-order valence-electron chi connectivity index (χ0n) is 10.2. The third kappa shape index (κ3) is 0.972. The van der Waals surface area contributed by atoms with E-state index in [1.165, 1.54) is 25.7 Å². The van der Waals surface area contributed by atoms with Crippen molar-refractivity contribution < 1.29 is 0 Å². The Labute approximate surface area is 98.8 Å². The first-order valence-corrected chi connectivity index (χ1v) is 7.15. The summed E-state index contributed by atoms with van der Waals surface area (Å²) in [6.07, 6.45) is 10.8. The van der Waals surface area contributed by atoms with Crippen LogP contribution in [0.5, 0.6) is 0 Å². The number of fused-ring (bicyclic) bond motifs is 9. The van der Waals surface area contributed by atoms with Gasteiger partial charge in [0.15, 0.2) is 0 Å². The van der Waals surface area contributed by atoms with Gasteiger partial charge in [0.2, 0.25) is 0 Å². The average Bonchev–Trinajstić information content (AvgIpc) is 3.03. The molecule has 0 N–H and O–H groups in total. The smallest absolute Gasteiger partial charge is 0.0172 e. The standard InChI is InChI=1S/C16H22/c1-3-9(2)13-7-12-8-14(13)16-11-5-4-10(6-11)15(12)16/h4-5,10-16H,2-3,6-8H2,1H3. The molecule has 0 aromatic heterocycles. The van der Waals surface area contributed by atoms with Gasteiger partial charge in [0.25, 0.3) is 0 Å². The van der Waals surface area contributed by atoms with Crippen molar-refractivity contribution in [2.45, 2.75) is 32.6 Å². The van der Waals surface area contributed by atoms with E-state index in [1.54, 1.807) is 5.57 Å². The molecule has 0 spiro atoms. The predicted molar refractivity (Wildman–Crippen MR) is 66.9 cm³/mol. The second-order valence-electron chi connectivity index (χ2n) is 6.62. The number of allylic oxidation sites excluding steroid dienone is 3. The molecule has 3 fully saturated rings. The maximum Gasteiger partial charge on any atom is -0.0172 e. The fourth-order valence-corrected chi connectivity index (χ4v) is 5.75. The molecule has 0 aliphatic heterocycles. The fraction of sp³-hybridized carbons (Fsp3) is 0.750. The van der Waals surface area contributed by atoms with Gasteiger partial charge in [-0.15, -0.1) is 0 Å². The van der Waals surface area contributed by atoms with Crippen LogP contribution in [0.2, 0.25) is 0 Å². The molecule has 0 aromatic rings. The highest BCUT2D eigenvalue weighted by Gasteiger charge is 2.60. The van der Waals surface area contributed by atoms with Crippen molar-refractivity contribution in [3.05, 3.63) is 24.3 Å². The predicted octanol–water partition coefficient (Wildman–Crippen LogP) is 4.05. The summed E-state index contributed by atoms with van der Waals surface area (Å²) in [7, 11) is 0. The van der Waals surface area contributed by atoms with Gasteiger partial charge in [-0.1, -0.05) is 31.2 Å². The van der Waals surface area contributed by atoms with E-state index in [4.69, 9.17) is 0 Å². The zero-order chi connectivity index (χ0) is 10.9. The van der Waals surface area contributed by atoms with Crippen LogP contribution in [-0.2, 0) is 0 Å². The van der Waals surface area contributed by atoms with Crippen LogP contribution in [0.1, 0.15) is 32.6 Å². The molecule has 0 radical (unpaired) electrons. The summed E-state index contributed by atoms with van der Waals surface area (Å²) < 4.78 is 0. The second-order valence-corrected chi connectivity index (χ2v) is 6.62. The minimum absolute atomic E-state index is 0.893. The number of hydrogen-bond donors (Lipinski definition) is 0. The lowest BCUT2D eigenvalue weighted by atomic mass is 9.67. The van der Waals surface area contributed by atoms with Crippen LogP contribution in [0.4, 0.5) is 0 Å². The minimum atomic E-state index is 0.893. The monoisotopic (exact) mass is 214 g/mol. The molecule has 4 bridgehead atoms. The first-order chi connectivity index (χ1) is 7.79. The van der Waals surface area contributed by atoms with Gasteiger partial charge in [-0.25, -0.2) is 0 Å². The van der Waals surface area contributed by atoms with E-state index in [9.17, 15) is 0 Å². The summed E-state index contributed by atoms with van der Waals surface area (Å²) in [5, 5.41) is 0. The topological polar surface area (TPSA) is 0 Å². The van der Waals surface area contributed by atoms with E-state index >= 15 is 0 Å². The maximum absolute atomic E-state index is 4.33. The van der Waals surface area contributed by atoms with Crippen LogP contribution in [-0.4, -0.2) is 0 Å². The maximum atomic E-state index is 4.33. The molecular formula is C16H22. The molecule has 0 heterocycles. The molecule has 0 heteroatoms. The van der Waals surface area contributed by atoms with Gasteiger partial charge in [-0.3, -0.25) is 0 Å². The van der Waals surface area contributed by atoms with Crippen molar-refractivity contribution >= 4 is 0 Å². The first kappa shape index (κ1) is 9.50. The molecule has 0 saturated heterocycles. The Bertz CT molecular complexity index is 364. The minimum Gasteiger partial charge on any atom is -0.0996 e. The molecule has 0 aromatic carbocycles. The number of hydrogen-bond acceptors (Lipinski definition) is 0. The van der Waals surface area contributed by atoms with Gasteiger partial charge < -0.3 is 0 Å². The molecule has 4 rings (SSSR count). The summed E-state index contributed by atoms with van der Waals surface area (Å²) in [5.74, 6) is 7.04. The van der Waals surface area contributed by atoms with Gasteiger partial charge in [-0.05, 0) is 67.1 Å². The van der Waals surface area contributed by atoms with Crippen LogP contribution >= 0.6 is 0 Å². The lowest BCUT2D eigenvalue weighted by Crippen LogP contribution is -2.31. The Morgan fingerprint density at radius 1 is 1.12 bits per heavy atom. The van der Waals surface area contributed by atoms with Gasteiger partial charge in [0.1, 0.15) is 0 Å². The van der Waals surface area contributed by atoms with Crippen LogP contribution in [0.15, 0.2) is 24.3 Å². The molecule has 0 nitrogen and oxygen atoms in total. The third-order valence-electron chi connectivity index (χ3n) is 6.25. The van der Waals surface area contributed by atoms with Gasteiger partial charge in [-0.2, -0.15) is 0 Å². The van der Waals surface area contributed by atoms with E-state index in [-0.39, 0.29) is 0 Å². The Morgan fingerprint density at radius 2 is 1.88 bits per heavy atom. The van der Waals surface area contributed by atoms with E-state index in [0.717, 1.165) is 41.4 Å². The average molecular weight is 214 g/mol. The number of rotatable bonds is 2. The van der Waals surface area contributed by atoms with Crippen molar-refractivity contribution in [2.24, 2.45) is 41.4 Å². The summed E-state index contributed by atoms with van der Waals surface area (Å²) in [5.41, 5.74) is 1.55. The largest absolute Gasteiger partial charge is 0.0996 e. The Kier molecular flexibility index (Phi) is 1.80. The summed E-state index contributed by atoms with van der Waals surface area (Å²) in [6, 6.07) is 0. The SMILES string of the molecule is C=C(CC)C1CC2CC1C1C3C=CC(C3)C21. The van der Waals surface area contributed by atoms with Crippen LogP contribution in [0, 0.1) is 41.4 Å². The van der Waals surface area contributed by atoms with Gasteiger partial charge >= 0.3 is 0 Å². The van der Waals surface area contributed by atoms with Crippen molar-refractivity contribution in [3.63, 3.8) is 0 Å². The molecule has 16 heavy (non-hydrogen) atoms. The van der Waals surface area contributed by atoms with E-state index in [1.807, 2.05) is 0 Å². The summed E-state index contributed by atoms with van der Waals surface area (Å²) in [4.78, 5) is 0. The van der Waals surface area contributed by atoms with Crippen LogP contribution in [0.25, 0.3) is 0 Å². The van der Waals surface area contributed by atoms with Crippen molar-refractivity contribution in [1.82, 2.24) is 0 Å². The van der Waals surface area contributed by atoms with Crippen molar-refractivity contribution in [3.8, 4) is 0 Å². The lowest BCUT2D eigenvalue weighted by Gasteiger charge is -2.37. The normalized spacial score (nSPS) is 55.9.